The van der Waals surface area contributed by atoms with Crippen LogP contribution in [0.2, 0.25) is 0 Å². The van der Waals surface area contributed by atoms with Gasteiger partial charge in [-0.3, -0.25) is 9.48 Å². The molecular formula is C17H20N6O. The van der Waals surface area contributed by atoms with E-state index in [1.807, 2.05) is 36.2 Å². The Hall–Kier alpha value is -2.70. The molecule has 1 aliphatic heterocycles. The van der Waals surface area contributed by atoms with Gasteiger partial charge < -0.3 is 9.47 Å². The van der Waals surface area contributed by atoms with Crippen molar-refractivity contribution in [1.29, 1.82) is 0 Å². The minimum absolute atomic E-state index is 0.000392. The Labute approximate surface area is 139 Å². The molecule has 24 heavy (non-hydrogen) atoms. The van der Waals surface area contributed by atoms with Crippen LogP contribution in [0.4, 0.5) is 0 Å². The number of carbonyl (C=O) groups is 1. The molecule has 0 aliphatic carbocycles. The zero-order chi connectivity index (χ0) is 16.7. The first-order valence-electron chi connectivity index (χ1n) is 8.28. The lowest BCUT2D eigenvalue weighted by molar-refractivity contribution is 0.0782. The highest BCUT2D eigenvalue weighted by Gasteiger charge is 2.31. The molecule has 0 spiro atoms. The Balaban J connectivity index is 1.59. The molecule has 0 bridgehead atoms. The van der Waals surface area contributed by atoms with E-state index >= 15 is 0 Å². The Bertz CT molecular complexity index is 896. The highest BCUT2D eigenvalue weighted by atomic mass is 16.2. The predicted molar refractivity (Wildman–Crippen MR) is 89.7 cm³/mol. The number of aryl methyl sites for hydroxylation is 2. The molecule has 4 rings (SSSR count). The Kier molecular flexibility index (Phi) is 3.55. The smallest absolute Gasteiger partial charge is 0.275 e. The van der Waals surface area contributed by atoms with Crippen molar-refractivity contribution < 1.29 is 4.79 Å². The molecule has 1 aliphatic rings. The largest absolute Gasteiger partial charge is 0.335 e. The van der Waals surface area contributed by atoms with Crippen LogP contribution in [-0.4, -0.2) is 48.4 Å². The average Bonchev–Trinajstić information content (AvgIpc) is 3.32. The van der Waals surface area contributed by atoms with E-state index < -0.39 is 0 Å². The number of carbonyl (C=O) groups excluding carboxylic acids is 1. The van der Waals surface area contributed by atoms with Crippen LogP contribution >= 0.6 is 0 Å². The summed E-state index contributed by atoms with van der Waals surface area (Å²) < 4.78 is 3.87. The van der Waals surface area contributed by atoms with Crippen LogP contribution < -0.4 is 0 Å². The summed E-state index contributed by atoms with van der Waals surface area (Å²) in [6.07, 6.45) is 3.53. The minimum atomic E-state index is 0.000392. The Morgan fingerprint density at radius 1 is 1.33 bits per heavy atom. The maximum absolute atomic E-state index is 13.0. The summed E-state index contributed by atoms with van der Waals surface area (Å²) in [5, 5.41) is 13.5. The highest BCUT2D eigenvalue weighted by molar-refractivity contribution is 6.04. The highest BCUT2D eigenvalue weighted by Crippen LogP contribution is 2.26. The number of rotatable bonds is 3. The average molecular weight is 324 g/mol. The molecule has 1 unspecified atom stereocenters. The lowest BCUT2D eigenvalue weighted by atomic mass is 10.2. The fourth-order valence-electron chi connectivity index (χ4n) is 3.50. The molecule has 0 N–H and O–H groups in total. The quantitative estimate of drug-likeness (QED) is 0.737. The number of hydrogen-bond acceptors (Lipinski definition) is 4. The molecule has 1 saturated heterocycles. The van der Waals surface area contributed by atoms with Gasteiger partial charge in [-0.25, -0.2) is 0 Å². The number of amides is 1. The third kappa shape index (κ3) is 2.28. The third-order valence-electron chi connectivity index (χ3n) is 4.77. The first kappa shape index (κ1) is 14.9. The number of nitrogens with zero attached hydrogens (tertiary/aromatic N) is 6. The van der Waals surface area contributed by atoms with Crippen molar-refractivity contribution in [2.24, 2.45) is 7.05 Å². The normalized spacial score (nSPS) is 17.8. The van der Waals surface area contributed by atoms with Gasteiger partial charge in [-0.2, -0.15) is 5.10 Å². The lowest BCUT2D eigenvalue weighted by Crippen LogP contribution is -2.29. The topological polar surface area (TPSA) is 68.8 Å². The summed E-state index contributed by atoms with van der Waals surface area (Å²) in [4.78, 5) is 14.8. The molecule has 1 fully saturated rings. The molecule has 1 aromatic carbocycles. The van der Waals surface area contributed by atoms with Gasteiger partial charge in [-0.1, -0.05) is 25.1 Å². The SMILES string of the molecule is CCc1nncn1C1CCN(C(=O)c2nn(C)c3ccccc23)C1. The van der Waals surface area contributed by atoms with Gasteiger partial charge in [-0.15, -0.1) is 10.2 Å². The van der Waals surface area contributed by atoms with E-state index in [1.54, 1.807) is 11.0 Å². The molecule has 124 valence electrons. The van der Waals surface area contributed by atoms with E-state index in [1.165, 1.54) is 0 Å². The second kappa shape index (κ2) is 5.74. The monoisotopic (exact) mass is 324 g/mol. The molecule has 1 amide bonds. The fraction of sp³-hybridized carbons (Fsp3) is 0.412. The van der Waals surface area contributed by atoms with Crippen LogP contribution in [0.3, 0.4) is 0 Å². The number of hydrogen-bond donors (Lipinski definition) is 0. The van der Waals surface area contributed by atoms with E-state index in [-0.39, 0.29) is 11.9 Å². The van der Waals surface area contributed by atoms with E-state index in [0.717, 1.165) is 36.1 Å². The molecule has 1 atom stereocenters. The summed E-state index contributed by atoms with van der Waals surface area (Å²) in [5.41, 5.74) is 1.51. The molecule has 7 heteroatoms. The molecule has 0 radical (unpaired) electrons. The van der Waals surface area contributed by atoms with Crippen LogP contribution in [0, 0.1) is 0 Å². The van der Waals surface area contributed by atoms with Crippen molar-refractivity contribution >= 4 is 16.8 Å². The van der Waals surface area contributed by atoms with E-state index in [0.29, 0.717) is 12.2 Å². The zero-order valence-electron chi connectivity index (χ0n) is 13.9. The van der Waals surface area contributed by atoms with Gasteiger partial charge in [0.15, 0.2) is 5.69 Å². The van der Waals surface area contributed by atoms with E-state index in [9.17, 15) is 4.79 Å². The van der Waals surface area contributed by atoms with E-state index in [4.69, 9.17) is 0 Å². The van der Waals surface area contributed by atoms with Gasteiger partial charge in [0.1, 0.15) is 12.2 Å². The van der Waals surface area contributed by atoms with Gasteiger partial charge in [-0.05, 0) is 12.5 Å². The maximum atomic E-state index is 13.0. The maximum Gasteiger partial charge on any atom is 0.275 e. The van der Waals surface area contributed by atoms with Gasteiger partial charge in [0.05, 0.1) is 11.6 Å². The van der Waals surface area contributed by atoms with Crippen molar-refractivity contribution in [1.82, 2.24) is 29.4 Å². The standard InChI is InChI=1S/C17H20N6O/c1-3-15-19-18-11-23(15)12-8-9-22(10-12)17(24)16-13-6-4-5-7-14(13)21(2)20-16/h4-7,11-12H,3,8-10H2,1-2H3. The molecule has 2 aromatic heterocycles. The summed E-state index contributed by atoms with van der Waals surface area (Å²) in [5.74, 6) is 0.970. The number of para-hydroxylation sites is 1. The zero-order valence-corrected chi connectivity index (χ0v) is 13.9. The first-order valence-corrected chi connectivity index (χ1v) is 8.28. The van der Waals surface area contributed by atoms with Gasteiger partial charge in [0.2, 0.25) is 0 Å². The summed E-state index contributed by atoms with van der Waals surface area (Å²) in [6.45, 7) is 3.48. The van der Waals surface area contributed by atoms with Crippen LogP contribution in [0.25, 0.3) is 10.9 Å². The van der Waals surface area contributed by atoms with Gasteiger partial charge in [0, 0.05) is 31.9 Å². The number of aromatic nitrogens is 5. The van der Waals surface area contributed by atoms with Crippen LogP contribution in [0.1, 0.15) is 35.7 Å². The van der Waals surface area contributed by atoms with Crippen molar-refractivity contribution in [3.05, 3.63) is 42.1 Å². The Morgan fingerprint density at radius 2 is 2.17 bits per heavy atom. The summed E-state index contributed by atoms with van der Waals surface area (Å²) in [6, 6.07) is 8.09. The first-order chi connectivity index (χ1) is 11.7. The predicted octanol–water partition coefficient (Wildman–Crippen LogP) is 1.81. The number of fused-ring (bicyclic) bond motifs is 1. The lowest BCUT2D eigenvalue weighted by Gasteiger charge is -2.16. The second-order valence-corrected chi connectivity index (χ2v) is 6.19. The van der Waals surface area contributed by atoms with Crippen molar-refractivity contribution in [3.8, 4) is 0 Å². The number of benzene rings is 1. The van der Waals surface area contributed by atoms with Crippen molar-refractivity contribution in [2.45, 2.75) is 25.8 Å². The van der Waals surface area contributed by atoms with Gasteiger partial charge >= 0.3 is 0 Å². The van der Waals surface area contributed by atoms with Crippen LogP contribution in [0.15, 0.2) is 30.6 Å². The van der Waals surface area contributed by atoms with Crippen molar-refractivity contribution in [2.75, 3.05) is 13.1 Å². The molecule has 7 nitrogen and oxygen atoms in total. The third-order valence-corrected chi connectivity index (χ3v) is 4.77. The van der Waals surface area contributed by atoms with Crippen molar-refractivity contribution in [3.63, 3.8) is 0 Å². The Morgan fingerprint density at radius 3 is 3.00 bits per heavy atom. The molecule has 0 saturated carbocycles. The minimum Gasteiger partial charge on any atom is -0.335 e. The fourth-order valence-corrected chi connectivity index (χ4v) is 3.50. The van der Waals surface area contributed by atoms with Crippen LogP contribution in [0.5, 0.6) is 0 Å². The number of likely N-dealkylation sites (tertiary alicyclic amines) is 1. The molecule has 3 aromatic rings. The molecular weight excluding hydrogens is 304 g/mol. The van der Waals surface area contributed by atoms with Crippen LogP contribution in [-0.2, 0) is 13.5 Å². The summed E-state index contributed by atoms with van der Waals surface area (Å²) >= 11 is 0. The van der Waals surface area contributed by atoms with Gasteiger partial charge in [0.25, 0.3) is 5.91 Å². The second-order valence-electron chi connectivity index (χ2n) is 6.19. The molecule has 3 heterocycles. The van der Waals surface area contributed by atoms with E-state index in [2.05, 4.69) is 26.8 Å². The summed E-state index contributed by atoms with van der Waals surface area (Å²) in [7, 11) is 1.87.